The Morgan fingerprint density at radius 3 is 2.86 bits per heavy atom. The molecule has 4 nitrogen and oxygen atoms in total. The molecule has 3 rings (SSSR count). The summed E-state index contributed by atoms with van der Waals surface area (Å²) in [6.45, 7) is 3.34. The molecule has 150 valence electrons. The van der Waals surface area contributed by atoms with Crippen molar-refractivity contribution in [1.82, 2.24) is 4.90 Å². The average Bonchev–Trinajstić information content (AvgIpc) is 2.72. The van der Waals surface area contributed by atoms with Crippen molar-refractivity contribution in [3.63, 3.8) is 0 Å². The standard InChI is InChI=1S/C23H29ClN2O2/c1-28-22-11-10-20(24)16-21(22)25-23(27)12-9-19-8-5-14-26(17-19)15-13-18-6-3-2-4-7-18/h2-4,6-7,10-11,16,19H,5,8-9,12-15,17H2,1H3,(H,25,27)/t19-/m1/s1. The Balaban J connectivity index is 1.44. The largest absolute Gasteiger partial charge is 0.495 e. The molecule has 0 radical (unpaired) electrons. The van der Waals surface area contributed by atoms with Crippen LogP contribution in [0.25, 0.3) is 0 Å². The van der Waals surface area contributed by atoms with Gasteiger partial charge in [0.05, 0.1) is 12.8 Å². The summed E-state index contributed by atoms with van der Waals surface area (Å²) in [5, 5.41) is 3.52. The summed E-state index contributed by atoms with van der Waals surface area (Å²) in [4.78, 5) is 14.9. The highest BCUT2D eigenvalue weighted by atomic mass is 35.5. The molecule has 2 aromatic carbocycles. The number of rotatable bonds is 8. The Hall–Kier alpha value is -2.04. The first-order chi connectivity index (χ1) is 13.6. The number of methoxy groups -OCH3 is 1. The third kappa shape index (κ3) is 6.25. The molecule has 0 saturated carbocycles. The van der Waals surface area contributed by atoms with Crippen LogP contribution >= 0.6 is 11.6 Å². The number of halogens is 1. The summed E-state index contributed by atoms with van der Waals surface area (Å²) in [5.41, 5.74) is 2.02. The van der Waals surface area contributed by atoms with E-state index in [9.17, 15) is 4.79 Å². The van der Waals surface area contributed by atoms with E-state index < -0.39 is 0 Å². The summed E-state index contributed by atoms with van der Waals surface area (Å²) in [5.74, 6) is 1.22. The van der Waals surface area contributed by atoms with E-state index >= 15 is 0 Å². The van der Waals surface area contributed by atoms with Crippen LogP contribution in [0.1, 0.15) is 31.2 Å². The lowest BCUT2D eigenvalue weighted by atomic mass is 9.93. The number of carbonyl (C=O) groups excluding carboxylic acids is 1. The van der Waals surface area contributed by atoms with Gasteiger partial charge in [-0.2, -0.15) is 0 Å². The van der Waals surface area contributed by atoms with Crippen LogP contribution in [0.15, 0.2) is 48.5 Å². The van der Waals surface area contributed by atoms with E-state index in [0.717, 1.165) is 32.5 Å². The fraction of sp³-hybridized carbons (Fsp3) is 0.435. The second kappa shape index (κ2) is 10.5. The van der Waals surface area contributed by atoms with Gasteiger partial charge in [-0.3, -0.25) is 4.79 Å². The maximum absolute atomic E-state index is 12.4. The maximum Gasteiger partial charge on any atom is 0.224 e. The molecular formula is C23H29ClN2O2. The molecule has 0 bridgehead atoms. The molecule has 28 heavy (non-hydrogen) atoms. The van der Waals surface area contributed by atoms with Crippen LogP contribution in [-0.2, 0) is 11.2 Å². The number of likely N-dealkylation sites (tertiary alicyclic amines) is 1. The Labute approximate surface area is 172 Å². The smallest absolute Gasteiger partial charge is 0.224 e. The van der Waals surface area contributed by atoms with Gasteiger partial charge in [-0.25, -0.2) is 0 Å². The highest BCUT2D eigenvalue weighted by Gasteiger charge is 2.20. The van der Waals surface area contributed by atoms with Gasteiger partial charge in [0.15, 0.2) is 0 Å². The van der Waals surface area contributed by atoms with Gasteiger partial charge in [-0.1, -0.05) is 41.9 Å². The number of ether oxygens (including phenoxy) is 1. The number of hydrogen-bond donors (Lipinski definition) is 1. The lowest BCUT2D eigenvalue weighted by Crippen LogP contribution is -2.37. The van der Waals surface area contributed by atoms with E-state index in [0.29, 0.717) is 28.8 Å². The number of benzene rings is 2. The number of carbonyl (C=O) groups is 1. The molecule has 0 aliphatic carbocycles. The predicted octanol–water partition coefficient (Wildman–Crippen LogP) is 5.02. The summed E-state index contributed by atoms with van der Waals surface area (Å²) in [7, 11) is 1.59. The van der Waals surface area contributed by atoms with E-state index in [1.165, 1.54) is 18.4 Å². The van der Waals surface area contributed by atoms with E-state index in [4.69, 9.17) is 16.3 Å². The molecule has 1 saturated heterocycles. The highest BCUT2D eigenvalue weighted by Crippen LogP contribution is 2.28. The normalized spacial score (nSPS) is 17.3. The molecule has 0 spiro atoms. The summed E-state index contributed by atoms with van der Waals surface area (Å²) < 4.78 is 5.29. The van der Waals surface area contributed by atoms with Gasteiger partial charge in [0, 0.05) is 24.5 Å². The molecule has 1 atom stereocenters. The fourth-order valence-corrected chi connectivity index (χ4v) is 4.02. The van der Waals surface area contributed by atoms with Crippen LogP contribution in [0.3, 0.4) is 0 Å². The van der Waals surface area contributed by atoms with Crippen molar-refractivity contribution >= 4 is 23.2 Å². The molecule has 0 aromatic heterocycles. The quantitative estimate of drug-likeness (QED) is 0.676. The monoisotopic (exact) mass is 400 g/mol. The molecule has 1 aliphatic rings. The summed E-state index contributed by atoms with van der Waals surface area (Å²) in [6, 6.07) is 15.9. The highest BCUT2D eigenvalue weighted by molar-refractivity contribution is 6.31. The minimum Gasteiger partial charge on any atom is -0.495 e. The Bertz CT molecular complexity index is 766. The second-order valence-electron chi connectivity index (χ2n) is 7.48. The van der Waals surface area contributed by atoms with E-state index in [-0.39, 0.29) is 5.91 Å². The van der Waals surface area contributed by atoms with Crippen molar-refractivity contribution in [2.75, 3.05) is 32.1 Å². The first-order valence-electron chi connectivity index (χ1n) is 10.0. The van der Waals surface area contributed by atoms with Crippen molar-refractivity contribution in [3.8, 4) is 5.75 Å². The molecular weight excluding hydrogens is 372 g/mol. The van der Waals surface area contributed by atoms with Crippen molar-refractivity contribution < 1.29 is 9.53 Å². The number of amides is 1. The minimum absolute atomic E-state index is 0.0157. The molecule has 1 amide bonds. The van der Waals surface area contributed by atoms with Crippen LogP contribution in [0.2, 0.25) is 5.02 Å². The number of anilines is 1. The average molecular weight is 401 g/mol. The zero-order chi connectivity index (χ0) is 19.8. The number of nitrogens with zero attached hydrogens (tertiary/aromatic N) is 1. The number of piperidine rings is 1. The molecule has 1 N–H and O–H groups in total. The Morgan fingerprint density at radius 2 is 2.07 bits per heavy atom. The van der Waals surface area contributed by atoms with Gasteiger partial charge >= 0.3 is 0 Å². The molecule has 1 heterocycles. The van der Waals surface area contributed by atoms with Gasteiger partial charge in [0.1, 0.15) is 5.75 Å². The van der Waals surface area contributed by atoms with E-state index in [1.807, 2.05) is 0 Å². The third-order valence-electron chi connectivity index (χ3n) is 5.38. The number of hydrogen-bond acceptors (Lipinski definition) is 3. The van der Waals surface area contributed by atoms with Gasteiger partial charge in [0.25, 0.3) is 0 Å². The van der Waals surface area contributed by atoms with E-state index in [2.05, 4.69) is 40.5 Å². The third-order valence-corrected chi connectivity index (χ3v) is 5.61. The lowest BCUT2D eigenvalue weighted by Gasteiger charge is -2.32. The van der Waals surface area contributed by atoms with Gasteiger partial charge < -0.3 is 15.0 Å². The second-order valence-corrected chi connectivity index (χ2v) is 7.91. The lowest BCUT2D eigenvalue weighted by molar-refractivity contribution is -0.116. The zero-order valence-corrected chi connectivity index (χ0v) is 17.3. The Morgan fingerprint density at radius 1 is 1.25 bits per heavy atom. The topological polar surface area (TPSA) is 41.6 Å². The van der Waals surface area contributed by atoms with Crippen LogP contribution in [0.4, 0.5) is 5.69 Å². The first kappa shape index (κ1) is 20.7. The Kier molecular flexibility index (Phi) is 7.75. The van der Waals surface area contributed by atoms with Crippen LogP contribution in [-0.4, -0.2) is 37.6 Å². The molecule has 5 heteroatoms. The molecule has 2 aromatic rings. The van der Waals surface area contributed by atoms with Crippen molar-refractivity contribution in [2.45, 2.75) is 32.1 Å². The van der Waals surface area contributed by atoms with Crippen molar-refractivity contribution in [3.05, 3.63) is 59.1 Å². The maximum atomic E-state index is 12.4. The van der Waals surface area contributed by atoms with E-state index in [1.54, 1.807) is 25.3 Å². The molecule has 1 fully saturated rings. The SMILES string of the molecule is COc1ccc(Cl)cc1NC(=O)CC[C@H]1CCCN(CCc2ccccc2)C1. The fourth-order valence-electron chi connectivity index (χ4n) is 3.85. The molecule has 0 unspecified atom stereocenters. The molecule has 1 aliphatic heterocycles. The first-order valence-corrected chi connectivity index (χ1v) is 10.4. The van der Waals surface area contributed by atoms with Gasteiger partial charge in [-0.05, 0) is 61.9 Å². The van der Waals surface area contributed by atoms with Gasteiger partial charge in [-0.15, -0.1) is 0 Å². The van der Waals surface area contributed by atoms with Crippen molar-refractivity contribution in [1.29, 1.82) is 0 Å². The minimum atomic E-state index is 0.0157. The summed E-state index contributed by atoms with van der Waals surface area (Å²) in [6.07, 6.45) is 4.94. The summed E-state index contributed by atoms with van der Waals surface area (Å²) >= 11 is 6.03. The van der Waals surface area contributed by atoms with Gasteiger partial charge in [0.2, 0.25) is 5.91 Å². The number of nitrogens with one attached hydrogen (secondary N) is 1. The van der Waals surface area contributed by atoms with Crippen LogP contribution in [0.5, 0.6) is 5.75 Å². The predicted molar refractivity (Wildman–Crippen MR) is 115 cm³/mol. The zero-order valence-electron chi connectivity index (χ0n) is 16.5. The van der Waals surface area contributed by atoms with Crippen LogP contribution in [0, 0.1) is 5.92 Å². The van der Waals surface area contributed by atoms with Crippen molar-refractivity contribution in [2.24, 2.45) is 5.92 Å². The van der Waals surface area contributed by atoms with Crippen LogP contribution < -0.4 is 10.1 Å².